The number of carbonyl (C=O) groups is 2. The molecule has 6 aliphatic rings. The summed E-state index contributed by atoms with van der Waals surface area (Å²) in [5, 5.41) is 2.58. The number of H-pyrrole nitrogens is 2. The van der Waals surface area contributed by atoms with Gasteiger partial charge in [-0.05, 0) is 93.7 Å². The van der Waals surface area contributed by atoms with Gasteiger partial charge in [0.05, 0.1) is 13.0 Å². The number of esters is 1. The van der Waals surface area contributed by atoms with Gasteiger partial charge in [-0.25, -0.2) is 0 Å². The quantitative estimate of drug-likeness (QED) is 0.204. The van der Waals surface area contributed by atoms with E-state index in [-0.39, 0.29) is 35.7 Å². The van der Waals surface area contributed by atoms with E-state index in [1.165, 1.54) is 56.4 Å². The van der Waals surface area contributed by atoms with Gasteiger partial charge in [0.25, 0.3) is 0 Å². The lowest BCUT2D eigenvalue weighted by Gasteiger charge is -2.52. The van der Waals surface area contributed by atoms with E-state index in [0.29, 0.717) is 23.7 Å². The lowest BCUT2D eigenvalue weighted by atomic mass is 9.65. The van der Waals surface area contributed by atoms with E-state index in [1.807, 2.05) is 0 Å². The van der Waals surface area contributed by atoms with E-state index < -0.39 is 0 Å². The van der Waals surface area contributed by atoms with Crippen LogP contribution in [0.4, 0.5) is 0 Å². The zero-order valence-electron chi connectivity index (χ0n) is 28.0. The molecule has 0 amide bonds. The molecule has 2 unspecified atom stereocenters. The van der Waals surface area contributed by atoms with E-state index in [0.717, 1.165) is 50.8 Å². The van der Waals surface area contributed by atoms with Crippen LogP contribution in [-0.2, 0) is 27.2 Å². The summed E-state index contributed by atoms with van der Waals surface area (Å²) in [6.07, 6.45) is 7.14. The molecule has 0 radical (unpaired) electrons. The molecule has 9 atom stereocenters. The summed E-state index contributed by atoms with van der Waals surface area (Å²) in [6, 6.07) is 16.2. The fourth-order valence-corrected chi connectivity index (χ4v) is 11.0. The third kappa shape index (κ3) is 4.38. The van der Waals surface area contributed by atoms with Gasteiger partial charge in [0.15, 0.2) is 0 Å². The number of rotatable bonds is 3. The Morgan fingerprint density at radius 1 is 0.957 bits per heavy atom. The van der Waals surface area contributed by atoms with Gasteiger partial charge < -0.3 is 14.7 Å². The minimum Gasteiger partial charge on any atom is -0.469 e. The van der Waals surface area contributed by atoms with Crippen LogP contribution in [0.2, 0.25) is 0 Å². The molecule has 4 aliphatic heterocycles. The third-order valence-corrected chi connectivity index (χ3v) is 13.1. The number of carbonyl (C=O) groups excluding carboxylic acids is 2. The zero-order valence-corrected chi connectivity index (χ0v) is 28.0. The lowest BCUT2D eigenvalue weighted by Crippen LogP contribution is -2.57. The van der Waals surface area contributed by atoms with Crippen LogP contribution >= 0.6 is 0 Å². The van der Waals surface area contributed by atoms with Crippen LogP contribution in [0.25, 0.3) is 21.8 Å². The Bertz CT molecular complexity index is 1950. The standard InChI is InChI=1S/C40H46N4O3/c1-5-23-20-43(3)35-18-31-25-8-6-7-9-33(25)41-38(31)30(17-29(23)36(35)40(46)47-4)24-10-11-26-27-12-13-44-19-22-14-28(21(2)45)39(44)32(15-22)37(27)42-34(26)16-24/h5-11,16,22,28-30,32,35-36,39,41-42H,12-15,17-20H2,1-4H3/b23-5+/t22-,28+,29+,30-,32+,35+,36?,39+/m1/s1. The Hall–Kier alpha value is -3.68. The Labute approximate surface area is 276 Å². The van der Waals surface area contributed by atoms with Crippen LogP contribution in [0.15, 0.2) is 54.1 Å². The van der Waals surface area contributed by atoms with Crippen molar-refractivity contribution in [2.75, 3.05) is 33.8 Å². The Morgan fingerprint density at radius 2 is 1.77 bits per heavy atom. The van der Waals surface area contributed by atoms with Crippen molar-refractivity contribution >= 4 is 33.6 Å². The number of piperidine rings is 3. The summed E-state index contributed by atoms with van der Waals surface area (Å²) in [7, 11) is 3.70. The highest BCUT2D eigenvalue weighted by atomic mass is 16.5. The van der Waals surface area contributed by atoms with Gasteiger partial charge in [-0.1, -0.05) is 42.0 Å². The Morgan fingerprint density at radius 3 is 2.57 bits per heavy atom. The molecule has 244 valence electrons. The number of ketones is 1. The molecular weight excluding hydrogens is 584 g/mol. The highest BCUT2D eigenvalue weighted by Gasteiger charge is 2.51. The lowest BCUT2D eigenvalue weighted by molar-refractivity contribution is -0.151. The van der Waals surface area contributed by atoms with Crippen LogP contribution in [0.3, 0.4) is 0 Å². The van der Waals surface area contributed by atoms with Crippen molar-refractivity contribution in [2.24, 2.45) is 23.7 Å². The fourth-order valence-electron chi connectivity index (χ4n) is 11.0. The van der Waals surface area contributed by atoms with Gasteiger partial charge in [-0.2, -0.15) is 0 Å². The summed E-state index contributed by atoms with van der Waals surface area (Å²) in [4.78, 5) is 39.3. The number of likely N-dealkylation sites (tertiary alicyclic amines) is 1. The molecule has 4 aromatic rings. The SMILES string of the molecule is C/C=C1\CN(C)[C@H]2Cc3c([nH]c4ccccc34)[C@@H](c3ccc4c5c([nH]c4c3)[C@@H]3C[C@H]4C[C@@H](C(C)=O)[C@@H]3N(CC5)C4)C[C@@H]1C2C(=O)OC. The number of ether oxygens (including phenoxy) is 1. The van der Waals surface area contributed by atoms with Gasteiger partial charge in [0.2, 0.25) is 0 Å². The molecule has 6 heterocycles. The number of benzene rings is 2. The molecule has 2 aromatic heterocycles. The number of hydrogen-bond acceptors (Lipinski definition) is 5. The highest BCUT2D eigenvalue weighted by molar-refractivity contribution is 5.88. The van der Waals surface area contributed by atoms with Crippen molar-refractivity contribution in [3.63, 3.8) is 0 Å². The Kier molecular flexibility index (Phi) is 6.85. The molecule has 2 aromatic carbocycles. The monoisotopic (exact) mass is 630 g/mol. The Balaban J connectivity index is 1.19. The van der Waals surface area contributed by atoms with Gasteiger partial charge >= 0.3 is 5.97 Å². The number of aromatic amines is 2. The number of hydrogen-bond donors (Lipinski definition) is 2. The fraction of sp³-hybridized carbons (Fsp3) is 0.500. The van der Waals surface area contributed by atoms with Crippen LogP contribution in [0, 0.1) is 23.7 Å². The largest absolute Gasteiger partial charge is 0.469 e. The minimum absolute atomic E-state index is 0.0702. The highest BCUT2D eigenvalue weighted by Crippen LogP contribution is 2.52. The van der Waals surface area contributed by atoms with Gasteiger partial charge in [0, 0.05) is 82.7 Å². The first-order chi connectivity index (χ1) is 22.8. The molecular formula is C40H46N4O3. The summed E-state index contributed by atoms with van der Waals surface area (Å²) < 4.78 is 5.52. The maximum absolute atomic E-state index is 13.6. The maximum Gasteiger partial charge on any atom is 0.310 e. The minimum atomic E-state index is -0.224. The summed E-state index contributed by atoms with van der Waals surface area (Å²) in [5.41, 5.74) is 10.4. The van der Waals surface area contributed by atoms with Crippen molar-refractivity contribution in [1.82, 2.24) is 19.8 Å². The number of Topliss-reactive ketones (excluding diaryl/α,β-unsaturated/α-hetero) is 1. The first kappa shape index (κ1) is 29.5. The number of likely N-dealkylation sites (N-methyl/N-ethyl adjacent to an activating group) is 1. The molecule has 6 bridgehead atoms. The molecule has 2 aliphatic carbocycles. The molecule has 7 nitrogen and oxygen atoms in total. The number of aromatic nitrogens is 2. The first-order valence-corrected chi connectivity index (χ1v) is 17.8. The van der Waals surface area contributed by atoms with Crippen molar-refractivity contribution in [3.8, 4) is 0 Å². The average molecular weight is 631 g/mol. The predicted octanol–water partition coefficient (Wildman–Crippen LogP) is 6.33. The molecule has 7 heteroatoms. The third-order valence-electron chi connectivity index (χ3n) is 13.1. The molecule has 3 saturated heterocycles. The molecule has 10 rings (SSSR count). The predicted molar refractivity (Wildman–Crippen MR) is 185 cm³/mol. The number of methoxy groups -OCH3 is 1. The smallest absolute Gasteiger partial charge is 0.310 e. The molecule has 2 N–H and O–H groups in total. The summed E-state index contributed by atoms with van der Waals surface area (Å²) in [6.45, 7) is 6.97. The van der Waals surface area contributed by atoms with Crippen molar-refractivity contribution in [1.29, 1.82) is 0 Å². The van der Waals surface area contributed by atoms with Crippen molar-refractivity contribution in [3.05, 3.63) is 82.2 Å². The van der Waals surface area contributed by atoms with E-state index >= 15 is 0 Å². The van der Waals surface area contributed by atoms with Crippen LogP contribution in [0.1, 0.15) is 73.0 Å². The normalized spacial score (nSPS) is 34.0. The summed E-state index contributed by atoms with van der Waals surface area (Å²) in [5.74, 6) is 1.37. The second kappa shape index (κ2) is 10.9. The molecule has 4 fully saturated rings. The zero-order chi connectivity index (χ0) is 32.1. The van der Waals surface area contributed by atoms with E-state index in [1.54, 1.807) is 14.0 Å². The van der Waals surface area contributed by atoms with E-state index in [9.17, 15) is 9.59 Å². The molecule has 1 saturated carbocycles. The number of para-hydroxylation sites is 1. The second-order valence-electron chi connectivity index (χ2n) is 15.3. The van der Waals surface area contributed by atoms with Crippen LogP contribution in [-0.4, -0.2) is 77.4 Å². The van der Waals surface area contributed by atoms with Gasteiger partial charge in [-0.15, -0.1) is 0 Å². The number of allylic oxidation sites excluding steroid dienone is 1. The van der Waals surface area contributed by atoms with Gasteiger partial charge in [-0.3, -0.25) is 19.4 Å². The average Bonchev–Trinajstić information content (AvgIpc) is 3.60. The van der Waals surface area contributed by atoms with E-state index in [4.69, 9.17) is 4.74 Å². The maximum atomic E-state index is 13.6. The van der Waals surface area contributed by atoms with Crippen molar-refractivity contribution < 1.29 is 14.3 Å². The van der Waals surface area contributed by atoms with Crippen LogP contribution < -0.4 is 0 Å². The first-order valence-electron chi connectivity index (χ1n) is 17.8. The second-order valence-corrected chi connectivity index (χ2v) is 15.3. The van der Waals surface area contributed by atoms with E-state index in [2.05, 4.69) is 82.3 Å². The topological polar surface area (TPSA) is 81.4 Å². The van der Waals surface area contributed by atoms with Crippen molar-refractivity contribution in [2.45, 2.75) is 69.9 Å². The number of nitrogens with one attached hydrogen (secondary N) is 2. The molecule has 0 spiro atoms. The number of fused-ring (bicyclic) bond motifs is 9. The van der Waals surface area contributed by atoms with Crippen LogP contribution in [0.5, 0.6) is 0 Å². The van der Waals surface area contributed by atoms with Gasteiger partial charge in [0.1, 0.15) is 5.78 Å². The molecule has 47 heavy (non-hydrogen) atoms. The summed E-state index contributed by atoms with van der Waals surface area (Å²) >= 11 is 0. The number of nitrogens with zero attached hydrogens (tertiary/aromatic N) is 2.